The molecule has 98 valence electrons. The molecule has 1 aromatic rings. The summed E-state index contributed by atoms with van der Waals surface area (Å²) >= 11 is 0. The van der Waals surface area contributed by atoms with Gasteiger partial charge in [-0.25, -0.2) is 13.8 Å². The van der Waals surface area contributed by atoms with Crippen molar-refractivity contribution in [3.05, 3.63) is 24.4 Å². The van der Waals surface area contributed by atoms with Crippen LogP contribution >= 0.6 is 0 Å². The van der Waals surface area contributed by atoms with Crippen LogP contribution in [0.1, 0.15) is 12.8 Å². The van der Waals surface area contributed by atoms with Gasteiger partial charge in [-0.3, -0.25) is 0 Å². The maximum atomic E-state index is 14.2. The Kier molecular flexibility index (Phi) is 2.73. The molecule has 0 saturated carbocycles. The van der Waals surface area contributed by atoms with Crippen molar-refractivity contribution in [1.29, 1.82) is 0 Å². The smallest absolute Gasteiger partial charge is 0.257 e. The molecule has 3 rings (SSSR count). The Balaban J connectivity index is 1.82. The number of pyridine rings is 1. The first-order chi connectivity index (χ1) is 8.63. The van der Waals surface area contributed by atoms with Crippen molar-refractivity contribution in [2.75, 3.05) is 31.1 Å². The molecule has 18 heavy (non-hydrogen) atoms. The minimum Gasteiger partial charge on any atom is -0.356 e. The molecule has 1 aromatic heterocycles. The molecule has 0 unspecified atom stereocenters. The lowest BCUT2D eigenvalue weighted by Crippen LogP contribution is -2.55. The first-order valence-corrected chi connectivity index (χ1v) is 6.38. The molecular weight excluding hydrogens is 236 g/mol. The molecule has 0 amide bonds. The summed E-state index contributed by atoms with van der Waals surface area (Å²) in [4.78, 5) is 6.22. The van der Waals surface area contributed by atoms with Crippen molar-refractivity contribution in [3.63, 3.8) is 0 Å². The van der Waals surface area contributed by atoms with Gasteiger partial charge in [0.15, 0.2) is 0 Å². The molecule has 2 aliphatic heterocycles. The number of hydrogen-bond acceptors (Lipinski definition) is 3. The number of aromatic nitrogens is 1. The van der Waals surface area contributed by atoms with Crippen molar-refractivity contribution in [3.8, 4) is 0 Å². The topological polar surface area (TPSA) is 28.2 Å². The molecule has 0 bridgehead atoms. The van der Waals surface area contributed by atoms with E-state index in [0.29, 0.717) is 32.6 Å². The highest BCUT2D eigenvalue weighted by Gasteiger charge is 2.57. The lowest BCUT2D eigenvalue weighted by molar-refractivity contribution is -0.131. The second-order valence-electron chi connectivity index (χ2n) is 5.27. The predicted molar refractivity (Wildman–Crippen MR) is 65.9 cm³/mol. The van der Waals surface area contributed by atoms with Gasteiger partial charge in [-0.2, -0.15) is 0 Å². The number of alkyl halides is 2. The number of rotatable bonds is 1. The largest absolute Gasteiger partial charge is 0.356 e. The Labute approximate surface area is 105 Å². The average Bonchev–Trinajstić information content (AvgIpc) is 2.81. The fourth-order valence-electron chi connectivity index (χ4n) is 3.02. The normalized spacial score (nSPS) is 30.9. The highest BCUT2D eigenvalue weighted by molar-refractivity contribution is 5.40. The van der Waals surface area contributed by atoms with Gasteiger partial charge in [-0.05, 0) is 18.6 Å². The predicted octanol–water partition coefficient (Wildman–Crippen LogP) is 1.91. The maximum absolute atomic E-state index is 14.2. The minimum atomic E-state index is -2.57. The molecule has 1 atom stereocenters. The van der Waals surface area contributed by atoms with E-state index in [1.165, 1.54) is 0 Å². The number of halogens is 2. The van der Waals surface area contributed by atoms with Crippen molar-refractivity contribution in [2.24, 2.45) is 5.41 Å². The second kappa shape index (κ2) is 4.16. The number of nitrogens with one attached hydrogen (secondary N) is 1. The van der Waals surface area contributed by atoms with E-state index < -0.39 is 11.3 Å². The Hall–Kier alpha value is -1.23. The van der Waals surface area contributed by atoms with Crippen molar-refractivity contribution in [2.45, 2.75) is 18.8 Å². The van der Waals surface area contributed by atoms with Crippen LogP contribution in [-0.2, 0) is 0 Å². The molecule has 5 heteroatoms. The molecule has 0 aliphatic carbocycles. The molecule has 3 heterocycles. The summed E-state index contributed by atoms with van der Waals surface area (Å²) in [6.45, 7) is 1.87. The van der Waals surface area contributed by atoms with E-state index >= 15 is 0 Å². The molecule has 2 fully saturated rings. The van der Waals surface area contributed by atoms with Crippen molar-refractivity contribution in [1.82, 2.24) is 10.3 Å². The quantitative estimate of drug-likeness (QED) is 0.828. The van der Waals surface area contributed by atoms with E-state index in [9.17, 15) is 8.78 Å². The standard InChI is InChI=1S/C13H17F2N3/c14-13(15)4-7-16-9-12(13)5-8-18(10-12)11-3-1-2-6-17-11/h1-3,6,16H,4-5,7-10H2/t12-/m1/s1. The number of nitrogens with zero attached hydrogens (tertiary/aromatic N) is 2. The van der Waals surface area contributed by atoms with Crippen LogP contribution in [-0.4, -0.2) is 37.1 Å². The van der Waals surface area contributed by atoms with Gasteiger partial charge < -0.3 is 10.2 Å². The van der Waals surface area contributed by atoms with E-state index in [1.54, 1.807) is 6.20 Å². The summed E-state index contributed by atoms with van der Waals surface area (Å²) in [5, 5.41) is 3.12. The number of anilines is 1. The third-order valence-corrected chi connectivity index (χ3v) is 4.18. The Morgan fingerprint density at radius 2 is 2.17 bits per heavy atom. The molecular formula is C13H17F2N3. The van der Waals surface area contributed by atoms with E-state index in [1.807, 2.05) is 23.1 Å². The number of piperidine rings is 1. The third-order valence-electron chi connectivity index (χ3n) is 4.18. The average molecular weight is 253 g/mol. The van der Waals surface area contributed by atoms with Crippen LogP contribution in [0.3, 0.4) is 0 Å². The van der Waals surface area contributed by atoms with E-state index in [0.717, 1.165) is 5.82 Å². The summed E-state index contributed by atoms with van der Waals surface area (Å²) in [6.07, 6.45) is 2.18. The van der Waals surface area contributed by atoms with Gasteiger partial charge in [0, 0.05) is 38.8 Å². The van der Waals surface area contributed by atoms with Gasteiger partial charge in [0.05, 0.1) is 5.41 Å². The Morgan fingerprint density at radius 1 is 1.28 bits per heavy atom. The van der Waals surface area contributed by atoms with Gasteiger partial charge in [-0.1, -0.05) is 6.07 Å². The van der Waals surface area contributed by atoms with Crippen LogP contribution in [0.25, 0.3) is 0 Å². The third kappa shape index (κ3) is 1.77. The molecule has 3 nitrogen and oxygen atoms in total. The highest BCUT2D eigenvalue weighted by Crippen LogP contribution is 2.48. The van der Waals surface area contributed by atoms with Crippen molar-refractivity contribution < 1.29 is 8.78 Å². The zero-order chi connectivity index (χ0) is 12.6. The highest BCUT2D eigenvalue weighted by atomic mass is 19.3. The zero-order valence-electron chi connectivity index (χ0n) is 10.2. The van der Waals surface area contributed by atoms with Crippen LogP contribution in [0.4, 0.5) is 14.6 Å². The van der Waals surface area contributed by atoms with Crippen molar-refractivity contribution >= 4 is 5.82 Å². The van der Waals surface area contributed by atoms with Crippen LogP contribution < -0.4 is 10.2 Å². The summed E-state index contributed by atoms with van der Waals surface area (Å²) in [6, 6.07) is 5.62. The zero-order valence-corrected chi connectivity index (χ0v) is 10.2. The minimum absolute atomic E-state index is 0.0525. The molecule has 1 spiro atoms. The van der Waals surface area contributed by atoms with Crippen LogP contribution in [0.2, 0.25) is 0 Å². The van der Waals surface area contributed by atoms with Gasteiger partial charge >= 0.3 is 0 Å². The maximum Gasteiger partial charge on any atom is 0.257 e. The summed E-state index contributed by atoms with van der Waals surface area (Å²) in [5.74, 6) is -1.77. The fourth-order valence-corrected chi connectivity index (χ4v) is 3.02. The Bertz CT molecular complexity index is 424. The molecule has 2 aliphatic rings. The molecule has 2 saturated heterocycles. The van der Waals surface area contributed by atoms with Gasteiger partial charge in [0.25, 0.3) is 5.92 Å². The second-order valence-corrected chi connectivity index (χ2v) is 5.27. The molecule has 0 radical (unpaired) electrons. The van der Waals surface area contributed by atoms with Crippen LogP contribution in [0.5, 0.6) is 0 Å². The molecule has 1 N–H and O–H groups in total. The first kappa shape index (κ1) is 11.8. The van der Waals surface area contributed by atoms with Crippen LogP contribution in [0.15, 0.2) is 24.4 Å². The summed E-state index contributed by atoms with van der Waals surface area (Å²) in [5.41, 5.74) is -0.914. The van der Waals surface area contributed by atoms with E-state index in [2.05, 4.69) is 10.3 Å². The Morgan fingerprint density at radius 3 is 2.89 bits per heavy atom. The lowest BCUT2D eigenvalue weighted by atomic mass is 9.76. The SMILES string of the molecule is FC1(F)CCNC[C@@]12CCN(c1ccccn1)C2. The van der Waals surface area contributed by atoms with Gasteiger partial charge in [-0.15, -0.1) is 0 Å². The number of hydrogen-bond donors (Lipinski definition) is 1. The lowest BCUT2D eigenvalue weighted by Gasteiger charge is -2.41. The van der Waals surface area contributed by atoms with E-state index in [-0.39, 0.29) is 6.42 Å². The van der Waals surface area contributed by atoms with E-state index in [4.69, 9.17) is 0 Å². The van der Waals surface area contributed by atoms with Gasteiger partial charge in [0.1, 0.15) is 5.82 Å². The fraction of sp³-hybridized carbons (Fsp3) is 0.615. The monoisotopic (exact) mass is 253 g/mol. The molecule has 0 aromatic carbocycles. The van der Waals surface area contributed by atoms with Gasteiger partial charge in [0.2, 0.25) is 0 Å². The van der Waals surface area contributed by atoms with Crippen LogP contribution in [0, 0.1) is 5.41 Å². The first-order valence-electron chi connectivity index (χ1n) is 6.38. The summed E-state index contributed by atoms with van der Waals surface area (Å²) < 4.78 is 28.3. The summed E-state index contributed by atoms with van der Waals surface area (Å²) in [7, 11) is 0.